The molecule has 2 aliphatic rings. The number of hydrogen-bond acceptors (Lipinski definition) is 7. The van der Waals surface area contributed by atoms with Gasteiger partial charge in [-0.05, 0) is 59.2 Å². The van der Waals surface area contributed by atoms with Crippen molar-refractivity contribution in [1.82, 2.24) is 9.80 Å². The van der Waals surface area contributed by atoms with Crippen molar-refractivity contribution < 1.29 is 32.2 Å². The van der Waals surface area contributed by atoms with E-state index in [0.717, 1.165) is 12.0 Å². The van der Waals surface area contributed by atoms with Crippen LogP contribution >= 0.6 is 0 Å². The fourth-order valence-electron chi connectivity index (χ4n) is 5.75. The molecule has 2 aliphatic heterocycles. The smallest absolute Gasteiger partial charge is 0.265 e. The quantitative estimate of drug-likeness (QED) is 0.271. The number of rotatable bonds is 9. The molecule has 0 aliphatic carbocycles. The molecule has 0 aromatic heterocycles. The van der Waals surface area contributed by atoms with Crippen LogP contribution in [0.5, 0.6) is 17.2 Å². The largest absolute Gasteiger partial charge is 0.495 e. The lowest BCUT2D eigenvalue weighted by atomic mass is 10.0. The number of carbonyl (C=O) groups is 2. The minimum absolute atomic E-state index is 0.0514. The third kappa shape index (κ3) is 6.36. The summed E-state index contributed by atoms with van der Waals surface area (Å²) in [7, 11) is 0.663. The summed E-state index contributed by atoms with van der Waals surface area (Å²) in [5, 5.41) is 0. The molecule has 10 nitrogen and oxygen atoms in total. The van der Waals surface area contributed by atoms with E-state index in [1.54, 1.807) is 79.7 Å². The summed E-state index contributed by atoms with van der Waals surface area (Å²) in [4.78, 5) is 29.0. The Morgan fingerprint density at radius 1 is 0.957 bits per heavy atom. The standard InChI is InChI=1S/C35H35N3O7S/c1-37(2)34(39)26-9-4-8-24(19-26)25-13-14-31(43-3)32(20-25)46(41,42)36-27-10-6-11-28(21-27)45-29-15-17-38(22-29)35(40)30-12-5-7-23-16-18-44-33(23)30/h4-14,19-21,29,36H,15-18,22H2,1-3H3/t29-/m0/s1. The number of ether oxygens (including phenoxy) is 3. The number of methoxy groups -OCH3 is 1. The predicted molar refractivity (Wildman–Crippen MR) is 174 cm³/mol. The number of carbonyl (C=O) groups excluding carboxylic acids is 2. The van der Waals surface area contributed by atoms with Crippen LogP contribution in [0.3, 0.4) is 0 Å². The van der Waals surface area contributed by atoms with Crippen molar-refractivity contribution in [2.24, 2.45) is 0 Å². The first-order valence-electron chi connectivity index (χ1n) is 15.0. The summed E-state index contributed by atoms with van der Waals surface area (Å²) in [6.07, 6.45) is 1.19. The van der Waals surface area contributed by atoms with Gasteiger partial charge < -0.3 is 24.0 Å². The van der Waals surface area contributed by atoms with Crippen LogP contribution in [-0.2, 0) is 16.4 Å². The van der Waals surface area contributed by atoms with Crippen LogP contribution in [0.15, 0.2) is 89.8 Å². The number of hydrogen-bond donors (Lipinski definition) is 1. The normalized spacial score (nSPS) is 15.5. The van der Waals surface area contributed by atoms with Crippen molar-refractivity contribution in [3.05, 3.63) is 102 Å². The van der Waals surface area contributed by atoms with Crippen molar-refractivity contribution >= 4 is 27.5 Å². The molecule has 0 bridgehead atoms. The maximum atomic E-state index is 13.7. The summed E-state index contributed by atoms with van der Waals surface area (Å²) in [5.41, 5.74) is 3.72. The van der Waals surface area contributed by atoms with Crippen LogP contribution < -0.4 is 18.9 Å². The van der Waals surface area contributed by atoms with Crippen LogP contribution in [0.2, 0.25) is 0 Å². The Bertz CT molecular complexity index is 1910. The first kappa shape index (κ1) is 31.0. The van der Waals surface area contributed by atoms with E-state index in [0.29, 0.717) is 65.6 Å². The van der Waals surface area contributed by atoms with Gasteiger partial charge in [0.2, 0.25) is 0 Å². The molecular weight excluding hydrogens is 606 g/mol. The van der Waals surface area contributed by atoms with Crippen LogP contribution in [0.1, 0.15) is 32.7 Å². The zero-order chi connectivity index (χ0) is 32.4. The molecule has 46 heavy (non-hydrogen) atoms. The Hall–Kier alpha value is -5.03. The molecule has 0 spiro atoms. The van der Waals surface area contributed by atoms with Crippen molar-refractivity contribution in [2.45, 2.75) is 23.8 Å². The number of nitrogens with zero attached hydrogens (tertiary/aromatic N) is 2. The van der Waals surface area contributed by atoms with E-state index in [9.17, 15) is 18.0 Å². The van der Waals surface area contributed by atoms with Gasteiger partial charge in [0.05, 0.1) is 31.5 Å². The van der Waals surface area contributed by atoms with Crippen LogP contribution in [-0.4, -0.2) is 77.0 Å². The number of nitrogens with one attached hydrogen (secondary N) is 1. The molecule has 11 heteroatoms. The van der Waals surface area contributed by atoms with E-state index in [2.05, 4.69) is 4.72 Å². The summed E-state index contributed by atoms with van der Waals surface area (Å²) in [6.45, 7) is 1.53. The van der Waals surface area contributed by atoms with Gasteiger partial charge in [-0.1, -0.05) is 36.4 Å². The lowest BCUT2D eigenvalue weighted by Crippen LogP contribution is -2.31. The maximum Gasteiger partial charge on any atom is 0.265 e. The summed E-state index contributed by atoms with van der Waals surface area (Å²) >= 11 is 0. The lowest BCUT2D eigenvalue weighted by molar-refractivity contribution is 0.0768. The molecule has 6 rings (SSSR count). The Kier molecular flexibility index (Phi) is 8.59. The summed E-state index contributed by atoms with van der Waals surface area (Å²) in [5.74, 6) is 1.09. The second-order valence-electron chi connectivity index (χ2n) is 11.5. The first-order chi connectivity index (χ1) is 22.1. The highest BCUT2D eigenvalue weighted by Gasteiger charge is 2.31. The third-order valence-electron chi connectivity index (χ3n) is 8.07. The molecule has 4 aromatic carbocycles. The summed E-state index contributed by atoms with van der Waals surface area (Å²) in [6, 6.07) is 24.3. The first-order valence-corrected chi connectivity index (χ1v) is 16.4. The van der Waals surface area contributed by atoms with E-state index in [1.165, 1.54) is 18.1 Å². The molecular formula is C35H35N3O7S. The number of anilines is 1. The van der Waals surface area contributed by atoms with Gasteiger partial charge in [-0.15, -0.1) is 0 Å². The van der Waals surface area contributed by atoms with Crippen LogP contribution in [0.25, 0.3) is 11.1 Å². The fraction of sp³-hybridized carbons (Fsp3) is 0.257. The number of amides is 2. The van der Waals surface area contributed by atoms with E-state index in [1.807, 2.05) is 18.2 Å². The highest BCUT2D eigenvalue weighted by Crippen LogP contribution is 2.34. The van der Waals surface area contributed by atoms with Gasteiger partial charge in [0.25, 0.3) is 21.8 Å². The SMILES string of the molecule is COc1ccc(-c2cccc(C(=O)N(C)C)c2)cc1S(=O)(=O)Nc1cccc(O[C@H]2CCN(C(=O)c3cccc4c3OCC4)C2)c1. The fourth-order valence-corrected chi connectivity index (χ4v) is 7.00. The molecule has 238 valence electrons. The minimum atomic E-state index is -4.10. The molecule has 2 amide bonds. The van der Waals surface area contributed by atoms with Crippen molar-refractivity contribution in [3.8, 4) is 28.4 Å². The van der Waals surface area contributed by atoms with Gasteiger partial charge in [-0.25, -0.2) is 8.42 Å². The molecule has 1 atom stereocenters. The molecule has 1 saturated heterocycles. The van der Waals surface area contributed by atoms with Gasteiger partial charge in [-0.2, -0.15) is 0 Å². The summed E-state index contributed by atoms with van der Waals surface area (Å²) < 4.78 is 47.3. The number of benzene rings is 4. The minimum Gasteiger partial charge on any atom is -0.495 e. The monoisotopic (exact) mass is 641 g/mol. The van der Waals surface area contributed by atoms with Crippen LogP contribution in [0, 0.1) is 0 Å². The van der Waals surface area contributed by atoms with Gasteiger partial charge in [0, 0.05) is 45.1 Å². The number of sulfonamides is 1. The average Bonchev–Trinajstić information content (AvgIpc) is 3.74. The highest BCUT2D eigenvalue weighted by atomic mass is 32.2. The number of likely N-dealkylation sites (tertiary alicyclic amines) is 1. The Balaban J connectivity index is 1.16. The van der Waals surface area contributed by atoms with Crippen molar-refractivity contribution in [1.29, 1.82) is 0 Å². The molecule has 1 N–H and O–H groups in total. The average molecular weight is 642 g/mol. The number of para-hydroxylation sites is 1. The van der Waals surface area contributed by atoms with Crippen molar-refractivity contribution in [2.75, 3.05) is 45.6 Å². The molecule has 2 heterocycles. The molecule has 0 unspecified atom stereocenters. The molecule has 0 radical (unpaired) electrons. The highest BCUT2D eigenvalue weighted by molar-refractivity contribution is 7.92. The van der Waals surface area contributed by atoms with E-state index in [-0.39, 0.29) is 28.6 Å². The molecule has 0 saturated carbocycles. The number of fused-ring (bicyclic) bond motifs is 1. The van der Waals surface area contributed by atoms with E-state index in [4.69, 9.17) is 14.2 Å². The maximum absolute atomic E-state index is 13.7. The third-order valence-corrected chi connectivity index (χ3v) is 9.47. The van der Waals surface area contributed by atoms with E-state index < -0.39 is 10.0 Å². The van der Waals surface area contributed by atoms with E-state index >= 15 is 0 Å². The Morgan fingerprint density at radius 3 is 2.54 bits per heavy atom. The van der Waals surface area contributed by atoms with Gasteiger partial charge >= 0.3 is 0 Å². The Labute approximate surface area is 268 Å². The van der Waals surface area contributed by atoms with Gasteiger partial charge in [0.1, 0.15) is 28.2 Å². The van der Waals surface area contributed by atoms with Crippen LogP contribution in [0.4, 0.5) is 5.69 Å². The second-order valence-corrected chi connectivity index (χ2v) is 13.1. The zero-order valence-corrected chi connectivity index (χ0v) is 26.7. The lowest BCUT2D eigenvalue weighted by Gasteiger charge is -2.19. The molecule has 4 aromatic rings. The zero-order valence-electron chi connectivity index (χ0n) is 25.9. The topological polar surface area (TPSA) is 114 Å². The Morgan fingerprint density at radius 2 is 1.74 bits per heavy atom. The second kappa shape index (κ2) is 12.8. The predicted octanol–water partition coefficient (Wildman–Crippen LogP) is 5.09. The van der Waals surface area contributed by atoms with Gasteiger partial charge in [-0.3, -0.25) is 14.3 Å². The van der Waals surface area contributed by atoms with Gasteiger partial charge in [0.15, 0.2) is 0 Å². The van der Waals surface area contributed by atoms with Crippen molar-refractivity contribution in [3.63, 3.8) is 0 Å². The molecule has 1 fully saturated rings.